The first-order valence-electron chi connectivity index (χ1n) is 5.29. The molecule has 2 aromatic carbocycles. The zero-order chi connectivity index (χ0) is 14.0. The normalized spacial score (nSPS) is 10.3. The molecule has 0 unspecified atom stereocenters. The number of carbonyl (C=O) groups excluding carboxylic acids is 1. The van der Waals surface area contributed by atoms with Gasteiger partial charge in [0.1, 0.15) is 0 Å². The lowest BCUT2D eigenvalue weighted by atomic mass is 10.1. The van der Waals surface area contributed by atoms with Crippen LogP contribution in [0.2, 0.25) is 5.02 Å². The van der Waals surface area contributed by atoms with Crippen LogP contribution in [0.25, 0.3) is 0 Å². The number of nitrogens with two attached hydrogens (primary N) is 1. The Morgan fingerprint density at radius 1 is 1.21 bits per heavy atom. The molecule has 19 heavy (non-hydrogen) atoms. The Balaban J connectivity index is 2.28. The van der Waals surface area contributed by atoms with Crippen LogP contribution >= 0.6 is 43.5 Å². The van der Waals surface area contributed by atoms with E-state index >= 15 is 0 Å². The number of nitrogens with one attached hydrogen (secondary N) is 1. The molecule has 2 rings (SSSR count). The fourth-order valence-electron chi connectivity index (χ4n) is 1.52. The van der Waals surface area contributed by atoms with Gasteiger partial charge in [0.15, 0.2) is 0 Å². The van der Waals surface area contributed by atoms with Gasteiger partial charge >= 0.3 is 0 Å². The molecule has 3 nitrogen and oxygen atoms in total. The van der Waals surface area contributed by atoms with Gasteiger partial charge in [0.25, 0.3) is 5.91 Å². The molecule has 98 valence electrons. The number of halogens is 3. The van der Waals surface area contributed by atoms with Crippen LogP contribution in [0.3, 0.4) is 0 Å². The number of para-hydroxylation sites is 1. The number of hydrogen-bond donors (Lipinski definition) is 2. The zero-order valence-corrected chi connectivity index (χ0v) is 13.5. The molecule has 0 fully saturated rings. The van der Waals surface area contributed by atoms with E-state index in [1.165, 1.54) is 0 Å². The van der Waals surface area contributed by atoms with Crippen LogP contribution in [0.5, 0.6) is 0 Å². The van der Waals surface area contributed by atoms with E-state index in [9.17, 15) is 4.79 Å². The van der Waals surface area contributed by atoms with E-state index in [2.05, 4.69) is 37.2 Å². The molecular weight excluding hydrogens is 395 g/mol. The van der Waals surface area contributed by atoms with E-state index in [1.54, 1.807) is 24.3 Å². The standard InChI is InChI=1S/C13H9Br2ClN2O/c14-7-4-5-11(9(15)6-7)18-13(19)8-2-1-3-10(16)12(8)17/h1-6H,17H2,(H,18,19). The number of nitrogen functional groups attached to an aromatic ring is 1. The molecule has 0 aromatic heterocycles. The summed E-state index contributed by atoms with van der Waals surface area (Å²) < 4.78 is 1.69. The molecule has 0 heterocycles. The van der Waals surface area contributed by atoms with E-state index in [0.717, 1.165) is 8.95 Å². The minimum Gasteiger partial charge on any atom is -0.397 e. The fraction of sp³-hybridized carbons (Fsp3) is 0. The molecule has 0 saturated carbocycles. The molecule has 0 aliphatic heterocycles. The van der Waals surface area contributed by atoms with E-state index in [4.69, 9.17) is 17.3 Å². The Hall–Kier alpha value is -1.04. The number of amides is 1. The van der Waals surface area contributed by atoms with Crippen molar-refractivity contribution in [3.8, 4) is 0 Å². The van der Waals surface area contributed by atoms with Crippen LogP contribution in [0, 0.1) is 0 Å². The third-order valence-corrected chi connectivity index (χ3v) is 3.96. The molecule has 0 spiro atoms. The van der Waals surface area contributed by atoms with Crippen molar-refractivity contribution < 1.29 is 4.79 Å². The number of rotatable bonds is 2. The summed E-state index contributed by atoms with van der Waals surface area (Å²) in [5.74, 6) is -0.303. The van der Waals surface area contributed by atoms with Crippen molar-refractivity contribution >= 4 is 60.7 Å². The van der Waals surface area contributed by atoms with Gasteiger partial charge in [0, 0.05) is 8.95 Å². The molecule has 0 bridgehead atoms. The second-order valence-corrected chi connectivity index (χ2v) is 5.96. The van der Waals surface area contributed by atoms with Crippen molar-refractivity contribution in [3.05, 3.63) is 55.9 Å². The van der Waals surface area contributed by atoms with Crippen LogP contribution in [-0.4, -0.2) is 5.91 Å². The number of carbonyl (C=O) groups is 1. The molecule has 0 atom stereocenters. The van der Waals surface area contributed by atoms with Gasteiger partial charge in [-0.2, -0.15) is 0 Å². The maximum atomic E-state index is 12.1. The van der Waals surface area contributed by atoms with Crippen LogP contribution in [0.4, 0.5) is 11.4 Å². The highest BCUT2D eigenvalue weighted by Gasteiger charge is 2.13. The summed E-state index contributed by atoms with van der Waals surface area (Å²) in [6.45, 7) is 0. The molecule has 6 heteroatoms. The van der Waals surface area contributed by atoms with Gasteiger partial charge in [0.2, 0.25) is 0 Å². The Labute approximate surface area is 132 Å². The predicted molar refractivity (Wildman–Crippen MR) is 85.7 cm³/mol. The van der Waals surface area contributed by atoms with E-state index < -0.39 is 0 Å². The van der Waals surface area contributed by atoms with Gasteiger partial charge in [-0.1, -0.05) is 33.6 Å². The van der Waals surface area contributed by atoms with Gasteiger partial charge in [-0.05, 0) is 46.3 Å². The van der Waals surface area contributed by atoms with Crippen molar-refractivity contribution in [2.75, 3.05) is 11.1 Å². The summed E-state index contributed by atoms with van der Waals surface area (Å²) in [6, 6.07) is 10.4. The number of hydrogen-bond acceptors (Lipinski definition) is 2. The van der Waals surface area contributed by atoms with Crippen molar-refractivity contribution in [1.82, 2.24) is 0 Å². The predicted octanol–water partition coefficient (Wildman–Crippen LogP) is 4.70. The summed E-state index contributed by atoms with van der Waals surface area (Å²) in [7, 11) is 0. The Morgan fingerprint density at radius 2 is 1.95 bits per heavy atom. The van der Waals surface area contributed by atoms with Crippen LogP contribution < -0.4 is 11.1 Å². The maximum absolute atomic E-state index is 12.1. The minimum atomic E-state index is -0.303. The van der Waals surface area contributed by atoms with Crippen molar-refractivity contribution in [1.29, 1.82) is 0 Å². The number of anilines is 2. The van der Waals surface area contributed by atoms with Crippen molar-refractivity contribution in [2.24, 2.45) is 0 Å². The van der Waals surface area contributed by atoms with E-state index in [1.807, 2.05) is 12.1 Å². The molecule has 3 N–H and O–H groups in total. The first-order valence-corrected chi connectivity index (χ1v) is 7.26. The first-order chi connectivity index (χ1) is 8.99. The molecule has 0 saturated heterocycles. The second-order valence-electron chi connectivity index (χ2n) is 3.78. The largest absolute Gasteiger partial charge is 0.397 e. The van der Waals surface area contributed by atoms with Gasteiger partial charge in [0.05, 0.1) is 22.0 Å². The summed E-state index contributed by atoms with van der Waals surface area (Å²) in [5.41, 5.74) is 7.07. The lowest BCUT2D eigenvalue weighted by Crippen LogP contribution is -2.14. The smallest absolute Gasteiger partial charge is 0.257 e. The summed E-state index contributed by atoms with van der Waals surface area (Å²) in [4.78, 5) is 12.1. The van der Waals surface area contributed by atoms with Crippen molar-refractivity contribution in [2.45, 2.75) is 0 Å². The topological polar surface area (TPSA) is 55.1 Å². The first kappa shape index (κ1) is 14.4. The Bertz CT molecular complexity index is 647. The third-order valence-electron chi connectivity index (χ3n) is 2.48. The maximum Gasteiger partial charge on any atom is 0.257 e. The third kappa shape index (κ3) is 3.29. The average molecular weight is 404 g/mol. The monoisotopic (exact) mass is 402 g/mol. The van der Waals surface area contributed by atoms with Gasteiger partial charge in [-0.25, -0.2) is 0 Å². The number of benzene rings is 2. The molecule has 2 aromatic rings. The van der Waals surface area contributed by atoms with Gasteiger partial charge in [-0.3, -0.25) is 4.79 Å². The highest BCUT2D eigenvalue weighted by atomic mass is 79.9. The molecule has 0 aliphatic rings. The molecule has 0 radical (unpaired) electrons. The highest BCUT2D eigenvalue weighted by Crippen LogP contribution is 2.28. The average Bonchev–Trinajstić information content (AvgIpc) is 2.36. The minimum absolute atomic E-state index is 0.273. The van der Waals surface area contributed by atoms with Crippen molar-refractivity contribution in [3.63, 3.8) is 0 Å². The quantitative estimate of drug-likeness (QED) is 0.713. The van der Waals surface area contributed by atoms with Gasteiger partial charge < -0.3 is 11.1 Å². The molecule has 0 aliphatic carbocycles. The van der Waals surface area contributed by atoms with Gasteiger partial charge in [-0.15, -0.1) is 0 Å². The SMILES string of the molecule is Nc1c(Cl)cccc1C(=O)Nc1ccc(Br)cc1Br. The zero-order valence-electron chi connectivity index (χ0n) is 9.58. The lowest BCUT2D eigenvalue weighted by Gasteiger charge is -2.10. The molecule has 1 amide bonds. The van der Waals surface area contributed by atoms with Crippen LogP contribution in [0.15, 0.2) is 45.3 Å². The van der Waals surface area contributed by atoms with E-state index in [0.29, 0.717) is 16.3 Å². The summed E-state index contributed by atoms with van der Waals surface area (Å²) in [5, 5.41) is 3.14. The second kappa shape index (κ2) is 5.94. The Kier molecular flexibility index (Phi) is 4.50. The molecular formula is C13H9Br2ClN2O. The van der Waals surface area contributed by atoms with Crippen LogP contribution in [0.1, 0.15) is 10.4 Å². The highest BCUT2D eigenvalue weighted by molar-refractivity contribution is 9.11. The van der Waals surface area contributed by atoms with E-state index in [-0.39, 0.29) is 11.6 Å². The lowest BCUT2D eigenvalue weighted by molar-refractivity contribution is 0.102. The van der Waals surface area contributed by atoms with Crippen LogP contribution in [-0.2, 0) is 0 Å². The Morgan fingerprint density at radius 3 is 2.63 bits per heavy atom. The fourth-order valence-corrected chi connectivity index (χ4v) is 2.84. The summed E-state index contributed by atoms with van der Waals surface area (Å²) in [6.07, 6.45) is 0. The summed E-state index contributed by atoms with van der Waals surface area (Å²) >= 11 is 12.6.